The quantitative estimate of drug-likeness (QED) is 0.688. The number of halogens is 1. The lowest BCUT2D eigenvalue weighted by atomic mass is 9.92. The van der Waals surface area contributed by atoms with Crippen molar-refractivity contribution < 1.29 is 0 Å². The van der Waals surface area contributed by atoms with Crippen LogP contribution in [0.25, 0.3) is 0 Å². The van der Waals surface area contributed by atoms with Crippen molar-refractivity contribution in [2.45, 2.75) is 32.1 Å². The third kappa shape index (κ3) is 1.22. The van der Waals surface area contributed by atoms with E-state index in [9.17, 15) is 0 Å². The second kappa shape index (κ2) is 3.00. The van der Waals surface area contributed by atoms with Crippen LogP contribution in [0.4, 0.5) is 0 Å². The molecule has 1 fully saturated rings. The van der Waals surface area contributed by atoms with Crippen LogP contribution in [-0.2, 0) is 5.41 Å². The molecule has 1 aromatic carbocycles. The number of rotatable bonds is 1. The van der Waals surface area contributed by atoms with Gasteiger partial charge in [-0.2, -0.15) is 5.26 Å². The molecule has 1 saturated carbocycles. The van der Waals surface area contributed by atoms with Gasteiger partial charge in [-0.25, -0.2) is 0 Å². The van der Waals surface area contributed by atoms with Crippen molar-refractivity contribution in [2.75, 3.05) is 0 Å². The summed E-state index contributed by atoms with van der Waals surface area (Å²) in [6.45, 7) is 3.99. The van der Waals surface area contributed by atoms with E-state index in [0.717, 1.165) is 34.6 Å². The van der Waals surface area contributed by atoms with Crippen LogP contribution in [0.3, 0.4) is 0 Å². The van der Waals surface area contributed by atoms with E-state index in [-0.39, 0.29) is 5.41 Å². The molecule has 1 aliphatic carbocycles. The van der Waals surface area contributed by atoms with Crippen molar-refractivity contribution in [3.05, 3.63) is 33.8 Å². The smallest absolute Gasteiger partial charge is 0.0826 e. The van der Waals surface area contributed by atoms with Crippen LogP contribution in [-0.4, -0.2) is 0 Å². The van der Waals surface area contributed by atoms with E-state index in [2.05, 4.69) is 6.07 Å². The van der Waals surface area contributed by atoms with E-state index in [1.54, 1.807) is 0 Å². The molecule has 0 aromatic heterocycles. The van der Waals surface area contributed by atoms with Gasteiger partial charge in [0.15, 0.2) is 0 Å². The van der Waals surface area contributed by atoms with Gasteiger partial charge in [0.2, 0.25) is 0 Å². The molecule has 2 heteroatoms. The first-order chi connectivity index (χ1) is 6.60. The zero-order chi connectivity index (χ0) is 10.3. The van der Waals surface area contributed by atoms with Gasteiger partial charge in [-0.3, -0.25) is 0 Å². The predicted molar refractivity (Wildman–Crippen MR) is 57.5 cm³/mol. The molecule has 1 nitrogen and oxygen atoms in total. The van der Waals surface area contributed by atoms with E-state index in [0.29, 0.717) is 0 Å². The Morgan fingerprint density at radius 2 is 2.00 bits per heavy atom. The number of nitrogens with zero attached hydrogens (tertiary/aromatic N) is 1. The summed E-state index contributed by atoms with van der Waals surface area (Å²) in [5.41, 5.74) is 3.06. The molecule has 0 atom stereocenters. The lowest BCUT2D eigenvalue weighted by molar-refractivity contribution is 0.894. The molecule has 2 rings (SSSR count). The molecule has 0 radical (unpaired) electrons. The first kappa shape index (κ1) is 9.55. The third-order valence-electron chi connectivity index (χ3n) is 3.06. The topological polar surface area (TPSA) is 23.8 Å². The van der Waals surface area contributed by atoms with Gasteiger partial charge >= 0.3 is 0 Å². The average molecular weight is 206 g/mol. The summed E-state index contributed by atoms with van der Waals surface area (Å²) in [5, 5.41) is 9.91. The molecule has 0 amide bonds. The fraction of sp³-hybridized carbons (Fsp3) is 0.417. The normalized spacial score (nSPS) is 17.6. The highest BCUT2D eigenvalue weighted by atomic mass is 35.5. The summed E-state index contributed by atoms with van der Waals surface area (Å²) in [7, 11) is 0. The molecule has 1 aromatic rings. The summed E-state index contributed by atoms with van der Waals surface area (Å²) in [4.78, 5) is 0. The fourth-order valence-electron chi connectivity index (χ4n) is 1.91. The van der Waals surface area contributed by atoms with E-state index in [4.69, 9.17) is 16.9 Å². The van der Waals surface area contributed by atoms with Crippen LogP contribution in [0.15, 0.2) is 12.1 Å². The lowest BCUT2D eigenvalue weighted by Crippen LogP contribution is -2.05. The number of hydrogen-bond acceptors (Lipinski definition) is 1. The first-order valence-corrected chi connectivity index (χ1v) is 5.16. The fourth-order valence-corrected chi connectivity index (χ4v) is 2.07. The molecule has 0 spiro atoms. The molecular weight excluding hydrogens is 194 g/mol. The molecular formula is C12H12ClN. The van der Waals surface area contributed by atoms with Crippen LogP contribution < -0.4 is 0 Å². The molecule has 0 N–H and O–H groups in total. The molecule has 1 aliphatic rings. The van der Waals surface area contributed by atoms with Crippen molar-refractivity contribution in [3.8, 4) is 6.07 Å². The van der Waals surface area contributed by atoms with E-state index >= 15 is 0 Å². The minimum atomic E-state index is -0.221. The van der Waals surface area contributed by atoms with Gasteiger partial charge in [0, 0.05) is 5.02 Å². The number of hydrogen-bond donors (Lipinski definition) is 0. The Balaban J connectivity index is 2.57. The van der Waals surface area contributed by atoms with Gasteiger partial charge in [-0.15, -0.1) is 0 Å². The molecule has 14 heavy (non-hydrogen) atoms. The minimum absolute atomic E-state index is 0.221. The van der Waals surface area contributed by atoms with Gasteiger partial charge in [-0.1, -0.05) is 23.7 Å². The van der Waals surface area contributed by atoms with E-state index in [1.165, 1.54) is 0 Å². The Hall–Kier alpha value is -1.00. The van der Waals surface area contributed by atoms with Gasteiger partial charge in [0.25, 0.3) is 0 Å². The molecule has 0 saturated heterocycles. The van der Waals surface area contributed by atoms with Crippen LogP contribution in [0.1, 0.15) is 29.5 Å². The second-order valence-corrected chi connectivity index (χ2v) is 4.44. The second-order valence-electron chi connectivity index (χ2n) is 4.06. The molecule has 0 unspecified atom stereocenters. The minimum Gasteiger partial charge on any atom is -0.197 e. The number of nitriles is 1. The SMILES string of the molecule is Cc1ccc(C2(C#N)CC2)c(C)c1Cl. The van der Waals surface area contributed by atoms with Crippen molar-refractivity contribution >= 4 is 11.6 Å². The Morgan fingerprint density at radius 1 is 1.36 bits per heavy atom. The summed E-state index contributed by atoms with van der Waals surface area (Å²) < 4.78 is 0. The Kier molecular flexibility index (Phi) is 2.05. The molecule has 72 valence electrons. The van der Waals surface area contributed by atoms with Crippen LogP contribution in [0.5, 0.6) is 0 Å². The van der Waals surface area contributed by atoms with Gasteiger partial charge in [-0.05, 0) is 43.4 Å². The lowest BCUT2D eigenvalue weighted by Gasteiger charge is -2.12. The monoisotopic (exact) mass is 205 g/mol. The maximum absolute atomic E-state index is 9.10. The predicted octanol–water partition coefficient (Wildman–Crippen LogP) is 3.51. The zero-order valence-electron chi connectivity index (χ0n) is 8.39. The number of aryl methyl sites for hydroxylation is 1. The molecule has 0 aliphatic heterocycles. The van der Waals surface area contributed by atoms with Crippen LogP contribution >= 0.6 is 11.6 Å². The Labute approximate surface area is 89.3 Å². The van der Waals surface area contributed by atoms with Crippen molar-refractivity contribution in [2.24, 2.45) is 0 Å². The van der Waals surface area contributed by atoms with Crippen LogP contribution in [0.2, 0.25) is 5.02 Å². The molecule has 0 bridgehead atoms. The van der Waals surface area contributed by atoms with Gasteiger partial charge in [0.1, 0.15) is 0 Å². The maximum atomic E-state index is 9.10. The Bertz CT molecular complexity index is 425. The summed E-state index contributed by atoms with van der Waals surface area (Å²) in [6, 6.07) is 6.45. The van der Waals surface area contributed by atoms with Crippen LogP contribution in [0, 0.1) is 25.2 Å². The highest BCUT2D eigenvalue weighted by molar-refractivity contribution is 6.32. The zero-order valence-corrected chi connectivity index (χ0v) is 9.15. The van der Waals surface area contributed by atoms with Crippen molar-refractivity contribution in [3.63, 3.8) is 0 Å². The number of benzene rings is 1. The summed E-state index contributed by atoms with van der Waals surface area (Å²) in [6.07, 6.45) is 1.95. The largest absolute Gasteiger partial charge is 0.197 e. The molecule has 0 heterocycles. The van der Waals surface area contributed by atoms with Crippen molar-refractivity contribution in [1.82, 2.24) is 0 Å². The highest BCUT2D eigenvalue weighted by Gasteiger charge is 2.46. The summed E-state index contributed by atoms with van der Waals surface area (Å²) in [5.74, 6) is 0. The first-order valence-electron chi connectivity index (χ1n) is 4.78. The van der Waals surface area contributed by atoms with Gasteiger partial charge < -0.3 is 0 Å². The maximum Gasteiger partial charge on any atom is 0.0826 e. The average Bonchev–Trinajstić information content (AvgIpc) is 2.95. The summed E-state index contributed by atoms with van der Waals surface area (Å²) >= 11 is 6.16. The van der Waals surface area contributed by atoms with Crippen molar-refractivity contribution in [1.29, 1.82) is 5.26 Å². The highest BCUT2D eigenvalue weighted by Crippen LogP contribution is 2.49. The van der Waals surface area contributed by atoms with E-state index < -0.39 is 0 Å². The standard InChI is InChI=1S/C12H12ClN/c1-8-3-4-10(9(2)11(8)13)12(7-14)5-6-12/h3-4H,5-6H2,1-2H3. The van der Waals surface area contributed by atoms with Gasteiger partial charge in [0.05, 0.1) is 11.5 Å². The third-order valence-corrected chi connectivity index (χ3v) is 3.64. The van der Waals surface area contributed by atoms with E-state index in [1.807, 2.05) is 26.0 Å². The Morgan fingerprint density at radius 3 is 2.50 bits per heavy atom.